The van der Waals surface area contributed by atoms with E-state index in [0.717, 1.165) is 14.2 Å². The van der Waals surface area contributed by atoms with E-state index in [1.807, 2.05) is 0 Å². The van der Waals surface area contributed by atoms with Gasteiger partial charge in [0.15, 0.2) is 5.92 Å². The van der Waals surface area contributed by atoms with Crippen LogP contribution in [0.5, 0.6) is 0 Å². The molecule has 23 heavy (non-hydrogen) atoms. The maximum atomic E-state index is 12.5. The summed E-state index contributed by atoms with van der Waals surface area (Å²) in [4.78, 5) is 34.8. The van der Waals surface area contributed by atoms with Crippen LogP contribution in [-0.4, -0.2) is 38.2 Å². The Labute approximate surface area is 129 Å². The Morgan fingerprint density at radius 1 is 1.00 bits per heavy atom. The van der Waals surface area contributed by atoms with Crippen LogP contribution in [0, 0.1) is 5.92 Å². The van der Waals surface area contributed by atoms with Crippen LogP contribution in [0.3, 0.4) is 0 Å². The zero-order valence-corrected chi connectivity index (χ0v) is 12.2. The van der Waals surface area contributed by atoms with E-state index in [1.54, 1.807) is 11.4 Å². The van der Waals surface area contributed by atoms with Gasteiger partial charge in [-0.3, -0.25) is 14.4 Å². The van der Waals surface area contributed by atoms with Crippen molar-refractivity contribution >= 4 is 17.8 Å². The second-order valence-electron chi connectivity index (χ2n) is 4.38. The molecular weight excluding hydrogens is 319 g/mol. The molecule has 0 saturated heterocycles. The number of amides is 1. The van der Waals surface area contributed by atoms with Gasteiger partial charge in [-0.05, 0) is 5.56 Å². The number of halogens is 3. The van der Waals surface area contributed by atoms with Gasteiger partial charge < -0.3 is 14.8 Å². The molecule has 1 rings (SSSR count). The van der Waals surface area contributed by atoms with E-state index in [4.69, 9.17) is 0 Å². The van der Waals surface area contributed by atoms with E-state index < -0.39 is 36.0 Å². The number of alkyl halides is 3. The Morgan fingerprint density at radius 3 is 1.87 bits per heavy atom. The molecular formula is C14H14F3NO5. The smallest absolute Gasteiger partial charge is 0.468 e. The van der Waals surface area contributed by atoms with E-state index in [1.165, 1.54) is 24.3 Å². The molecule has 126 valence electrons. The summed E-state index contributed by atoms with van der Waals surface area (Å²) in [7, 11) is 1.93. The molecule has 0 aliphatic rings. The third-order valence-electron chi connectivity index (χ3n) is 2.95. The highest BCUT2D eigenvalue weighted by molar-refractivity contribution is 5.96. The normalized spacial score (nSPS) is 12.4. The molecule has 0 aliphatic carbocycles. The minimum absolute atomic E-state index is 0.117. The van der Waals surface area contributed by atoms with Crippen LogP contribution in [0.2, 0.25) is 0 Å². The maximum Gasteiger partial charge on any atom is 0.471 e. The molecule has 0 radical (unpaired) electrons. The summed E-state index contributed by atoms with van der Waals surface area (Å²) < 4.78 is 46.4. The van der Waals surface area contributed by atoms with Crippen LogP contribution in [0.1, 0.15) is 11.6 Å². The predicted octanol–water partition coefficient (Wildman–Crippen LogP) is 1.37. The third kappa shape index (κ3) is 4.70. The van der Waals surface area contributed by atoms with E-state index in [2.05, 4.69) is 9.47 Å². The monoisotopic (exact) mass is 333 g/mol. The molecule has 0 saturated carbocycles. The minimum Gasteiger partial charge on any atom is -0.468 e. The lowest BCUT2D eigenvalue weighted by Crippen LogP contribution is -2.46. The van der Waals surface area contributed by atoms with Crippen molar-refractivity contribution in [3.63, 3.8) is 0 Å². The Bertz CT molecular complexity index is 558. The zero-order valence-electron chi connectivity index (χ0n) is 12.2. The van der Waals surface area contributed by atoms with Crippen molar-refractivity contribution in [3.05, 3.63) is 35.9 Å². The number of benzene rings is 1. The Morgan fingerprint density at radius 2 is 1.48 bits per heavy atom. The maximum absolute atomic E-state index is 12.5. The fourth-order valence-electron chi connectivity index (χ4n) is 1.86. The highest BCUT2D eigenvalue weighted by Gasteiger charge is 2.45. The first-order valence-electron chi connectivity index (χ1n) is 6.30. The van der Waals surface area contributed by atoms with Gasteiger partial charge in [0, 0.05) is 0 Å². The van der Waals surface area contributed by atoms with Gasteiger partial charge >= 0.3 is 24.0 Å². The van der Waals surface area contributed by atoms with Gasteiger partial charge in [-0.1, -0.05) is 30.3 Å². The van der Waals surface area contributed by atoms with Crippen molar-refractivity contribution in [3.8, 4) is 0 Å². The summed E-state index contributed by atoms with van der Waals surface area (Å²) in [6, 6.07) is 5.67. The quantitative estimate of drug-likeness (QED) is 0.650. The van der Waals surface area contributed by atoms with Gasteiger partial charge in [-0.2, -0.15) is 13.2 Å². The first-order valence-corrected chi connectivity index (χ1v) is 6.30. The average molecular weight is 333 g/mol. The van der Waals surface area contributed by atoms with Crippen molar-refractivity contribution in [2.75, 3.05) is 14.2 Å². The van der Waals surface area contributed by atoms with Crippen molar-refractivity contribution < 1.29 is 37.0 Å². The number of carbonyl (C=O) groups excluding carboxylic acids is 3. The van der Waals surface area contributed by atoms with E-state index >= 15 is 0 Å². The number of rotatable bonds is 5. The molecule has 1 aromatic carbocycles. The largest absolute Gasteiger partial charge is 0.471 e. The number of esters is 2. The van der Waals surface area contributed by atoms with Crippen LogP contribution in [0.4, 0.5) is 13.2 Å². The standard InChI is InChI=1S/C14H14F3NO5/c1-22-11(19)9(12(20)23-2)10(8-6-4-3-5-7-8)18-13(21)14(15,16)17/h3-7,9-10H,1-2H3,(H,18,21). The molecule has 0 spiro atoms. The third-order valence-corrected chi connectivity index (χ3v) is 2.95. The second-order valence-corrected chi connectivity index (χ2v) is 4.38. The van der Waals surface area contributed by atoms with Gasteiger partial charge in [0.1, 0.15) is 0 Å². The van der Waals surface area contributed by atoms with Crippen molar-refractivity contribution in [1.82, 2.24) is 5.32 Å². The number of hydrogen-bond donors (Lipinski definition) is 1. The summed E-state index contributed by atoms with van der Waals surface area (Å²) in [5.41, 5.74) is 0.117. The molecule has 6 nitrogen and oxygen atoms in total. The highest BCUT2D eigenvalue weighted by Crippen LogP contribution is 2.26. The van der Waals surface area contributed by atoms with E-state index in [9.17, 15) is 27.6 Å². The fraction of sp³-hybridized carbons (Fsp3) is 0.357. The first-order chi connectivity index (χ1) is 10.7. The lowest BCUT2D eigenvalue weighted by molar-refractivity contribution is -0.176. The fourth-order valence-corrected chi connectivity index (χ4v) is 1.86. The number of ether oxygens (including phenoxy) is 2. The summed E-state index contributed by atoms with van der Waals surface area (Å²) >= 11 is 0. The Kier molecular flexibility index (Phi) is 6.11. The molecule has 0 fully saturated rings. The topological polar surface area (TPSA) is 81.7 Å². The second kappa shape index (κ2) is 7.61. The van der Waals surface area contributed by atoms with Crippen molar-refractivity contribution in [2.24, 2.45) is 5.92 Å². The van der Waals surface area contributed by atoms with Gasteiger partial charge in [-0.15, -0.1) is 0 Å². The summed E-state index contributed by atoms with van der Waals surface area (Å²) in [6.07, 6.45) is -5.18. The van der Waals surface area contributed by atoms with Gasteiger partial charge in [-0.25, -0.2) is 0 Å². The summed E-state index contributed by atoms with van der Waals surface area (Å²) in [5.74, 6) is -6.33. The van der Waals surface area contributed by atoms with Crippen LogP contribution in [0.15, 0.2) is 30.3 Å². The lowest BCUT2D eigenvalue weighted by atomic mass is 9.92. The lowest BCUT2D eigenvalue weighted by Gasteiger charge is -2.25. The molecule has 0 bridgehead atoms. The number of hydrogen-bond acceptors (Lipinski definition) is 5. The molecule has 1 atom stereocenters. The molecule has 1 unspecified atom stereocenters. The van der Waals surface area contributed by atoms with Crippen LogP contribution >= 0.6 is 0 Å². The van der Waals surface area contributed by atoms with Crippen LogP contribution in [-0.2, 0) is 23.9 Å². The molecule has 1 aromatic rings. The molecule has 9 heteroatoms. The number of carbonyl (C=O) groups is 3. The summed E-state index contributed by atoms with van der Waals surface area (Å²) in [6.45, 7) is 0. The molecule has 0 heterocycles. The Hall–Kier alpha value is -2.58. The minimum atomic E-state index is -5.18. The predicted molar refractivity (Wildman–Crippen MR) is 70.9 cm³/mol. The molecule has 1 N–H and O–H groups in total. The van der Waals surface area contributed by atoms with E-state index in [0.29, 0.717) is 0 Å². The first kappa shape index (κ1) is 18.5. The molecule has 0 aliphatic heterocycles. The molecule has 0 aromatic heterocycles. The van der Waals surface area contributed by atoms with Gasteiger partial charge in [0.05, 0.1) is 20.3 Å². The zero-order chi connectivity index (χ0) is 17.6. The van der Waals surface area contributed by atoms with Crippen molar-refractivity contribution in [2.45, 2.75) is 12.2 Å². The Balaban J connectivity index is 3.28. The van der Waals surface area contributed by atoms with Gasteiger partial charge in [0.25, 0.3) is 0 Å². The summed E-state index contributed by atoms with van der Waals surface area (Å²) in [5, 5.41) is 1.64. The van der Waals surface area contributed by atoms with E-state index in [-0.39, 0.29) is 5.56 Å². The van der Waals surface area contributed by atoms with Gasteiger partial charge in [0.2, 0.25) is 0 Å². The SMILES string of the molecule is COC(=O)C(C(=O)OC)C(NC(=O)C(F)(F)F)c1ccccc1. The van der Waals surface area contributed by atoms with Crippen LogP contribution in [0.25, 0.3) is 0 Å². The van der Waals surface area contributed by atoms with Crippen LogP contribution < -0.4 is 5.32 Å². The van der Waals surface area contributed by atoms with Crippen molar-refractivity contribution in [1.29, 1.82) is 0 Å². The number of nitrogens with one attached hydrogen (secondary N) is 1. The number of methoxy groups -OCH3 is 2. The average Bonchev–Trinajstić information content (AvgIpc) is 2.53. The molecule has 1 amide bonds. The highest BCUT2D eigenvalue weighted by atomic mass is 19.4.